The van der Waals surface area contributed by atoms with E-state index in [4.69, 9.17) is 10.2 Å². The second-order valence-electron chi connectivity index (χ2n) is 6.96. The van der Waals surface area contributed by atoms with Gasteiger partial charge in [-0.05, 0) is 58.2 Å². The molecule has 0 aliphatic heterocycles. The molecule has 0 aliphatic carbocycles. The molecule has 7 heteroatoms. The molecule has 0 saturated carbocycles. The molecule has 0 radical (unpaired) electrons. The number of hydrogen-bond acceptors (Lipinski definition) is 2. The van der Waals surface area contributed by atoms with Crippen LogP contribution in [0, 0.1) is 18.3 Å². The van der Waals surface area contributed by atoms with E-state index in [2.05, 4.69) is 22.0 Å². The lowest BCUT2D eigenvalue weighted by molar-refractivity contribution is -0.138. The van der Waals surface area contributed by atoms with Crippen molar-refractivity contribution in [2.45, 2.75) is 19.5 Å². The highest BCUT2D eigenvalue weighted by molar-refractivity contribution is 9.10. The number of halogens is 4. The molecule has 0 fully saturated rings. The summed E-state index contributed by atoms with van der Waals surface area (Å²) in [4.78, 5) is 4.75. The van der Waals surface area contributed by atoms with Crippen molar-refractivity contribution >= 4 is 21.6 Å². The fourth-order valence-electron chi connectivity index (χ4n) is 3.55. The van der Waals surface area contributed by atoms with E-state index >= 15 is 0 Å². The van der Waals surface area contributed by atoms with Crippen LogP contribution in [0.2, 0.25) is 0 Å². The quantitative estimate of drug-likeness (QED) is 0.341. The lowest BCUT2D eigenvalue weighted by Crippen LogP contribution is -2.10. The van der Waals surface area contributed by atoms with Crippen LogP contribution in [0.5, 0.6) is 0 Å². The number of rotatable bonds is 3. The van der Waals surface area contributed by atoms with Crippen LogP contribution in [0.4, 0.5) is 13.2 Å². The smallest absolute Gasteiger partial charge is 0.302 e. The van der Waals surface area contributed by atoms with Crippen LogP contribution in [0.15, 0.2) is 65.3 Å². The second kappa shape index (κ2) is 7.62. The van der Waals surface area contributed by atoms with Crippen molar-refractivity contribution in [3.63, 3.8) is 0 Å². The molecule has 4 rings (SSSR count). The SMILES string of the molecule is Cc1cc(Br)cn2c(Cc3ccccc3C(F)(F)F)c(-c3ccc(C#N)cc3)nc12. The predicted octanol–water partition coefficient (Wildman–Crippen LogP) is 6.55. The van der Waals surface area contributed by atoms with Crippen molar-refractivity contribution in [1.82, 2.24) is 9.38 Å². The highest BCUT2D eigenvalue weighted by atomic mass is 79.9. The van der Waals surface area contributed by atoms with Gasteiger partial charge in [0.05, 0.1) is 28.6 Å². The molecule has 3 nitrogen and oxygen atoms in total. The standard InChI is InChI=1S/C23H15BrF3N3/c1-14-10-18(24)13-30-20(11-17-4-2-3-5-19(17)23(25,26)27)21(29-22(14)30)16-8-6-15(12-28)7-9-16/h2-10,13H,11H2,1H3. The van der Waals surface area contributed by atoms with Gasteiger partial charge in [-0.2, -0.15) is 18.4 Å². The summed E-state index contributed by atoms with van der Waals surface area (Å²) in [6, 6.07) is 16.5. The maximum absolute atomic E-state index is 13.6. The van der Waals surface area contributed by atoms with Gasteiger partial charge in [-0.3, -0.25) is 0 Å². The van der Waals surface area contributed by atoms with E-state index in [9.17, 15) is 13.2 Å². The molecule has 0 bridgehead atoms. The van der Waals surface area contributed by atoms with E-state index in [1.807, 2.05) is 23.6 Å². The van der Waals surface area contributed by atoms with Crippen LogP contribution in [0.3, 0.4) is 0 Å². The number of imidazole rings is 1. The minimum Gasteiger partial charge on any atom is -0.302 e. The summed E-state index contributed by atoms with van der Waals surface area (Å²) in [6.45, 7) is 1.91. The molecule has 30 heavy (non-hydrogen) atoms. The molecule has 0 atom stereocenters. The monoisotopic (exact) mass is 469 g/mol. The molecular weight excluding hydrogens is 455 g/mol. The third kappa shape index (κ3) is 3.71. The van der Waals surface area contributed by atoms with Crippen LogP contribution < -0.4 is 0 Å². The normalized spacial score (nSPS) is 11.6. The van der Waals surface area contributed by atoms with Crippen LogP contribution in [-0.2, 0) is 12.6 Å². The van der Waals surface area contributed by atoms with Crippen LogP contribution >= 0.6 is 15.9 Å². The van der Waals surface area contributed by atoms with Crippen LogP contribution in [0.1, 0.15) is 27.9 Å². The predicted molar refractivity (Wildman–Crippen MR) is 112 cm³/mol. The highest BCUT2D eigenvalue weighted by Crippen LogP contribution is 2.35. The van der Waals surface area contributed by atoms with Gasteiger partial charge in [-0.15, -0.1) is 0 Å². The van der Waals surface area contributed by atoms with Gasteiger partial charge in [0.2, 0.25) is 0 Å². The Bertz CT molecular complexity index is 1280. The number of pyridine rings is 1. The summed E-state index contributed by atoms with van der Waals surface area (Å²) in [5.74, 6) is 0. The number of hydrogen-bond donors (Lipinski definition) is 0. The van der Waals surface area contributed by atoms with E-state index in [0.717, 1.165) is 21.7 Å². The lowest BCUT2D eigenvalue weighted by atomic mass is 9.99. The van der Waals surface area contributed by atoms with Crippen LogP contribution in [-0.4, -0.2) is 9.38 Å². The Morgan fingerprint density at radius 2 is 1.80 bits per heavy atom. The zero-order valence-corrected chi connectivity index (χ0v) is 17.4. The van der Waals surface area contributed by atoms with Gasteiger partial charge in [-0.1, -0.05) is 30.3 Å². The number of fused-ring (bicyclic) bond motifs is 1. The fourth-order valence-corrected chi connectivity index (χ4v) is 4.10. The Labute approximate surface area is 179 Å². The first-order valence-electron chi connectivity index (χ1n) is 9.10. The van der Waals surface area contributed by atoms with Crippen LogP contribution in [0.25, 0.3) is 16.9 Å². The summed E-state index contributed by atoms with van der Waals surface area (Å²) in [5, 5.41) is 9.06. The Morgan fingerprint density at radius 3 is 2.47 bits per heavy atom. The lowest BCUT2D eigenvalue weighted by Gasteiger charge is -2.13. The molecule has 150 valence electrons. The molecule has 2 aromatic carbocycles. The van der Waals surface area contributed by atoms with Crippen molar-refractivity contribution in [3.8, 4) is 17.3 Å². The number of aromatic nitrogens is 2. The maximum atomic E-state index is 13.6. The molecule has 0 N–H and O–H groups in total. The van der Waals surface area contributed by atoms with Gasteiger partial charge in [0.15, 0.2) is 0 Å². The maximum Gasteiger partial charge on any atom is 0.416 e. The summed E-state index contributed by atoms with van der Waals surface area (Å²) in [7, 11) is 0. The van der Waals surface area contributed by atoms with Gasteiger partial charge in [0.25, 0.3) is 0 Å². The van der Waals surface area contributed by atoms with Gasteiger partial charge >= 0.3 is 6.18 Å². The van der Waals surface area contributed by atoms with Crippen molar-refractivity contribution in [2.75, 3.05) is 0 Å². The number of alkyl halides is 3. The van der Waals surface area contributed by atoms with E-state index in [1.165, 1.54) is 12.1 Å². The average molecular weight is 470 g/mol. The number of nitrogens with zero attached hydrogens (tertiary/aromatic N) is 3. The van der Waals surface area contributed by atoms with Crippen molar-refractivity contribution in [3.05, 3.63) is 93.2 Å². The van der Waals surface area contributed by atoms with Crippen molar-refractivity contribution < 1.29 is 13.2 Å². The molecule has 0 saturated heterocycles. The van der Waals surface area contributed by atoms with Gasteiger partial charge in [0.1, 0.15) is 5.65 Å². The van der Waals surface area contributed by atoms with E-state index < -0.39 is 11.7 Å². The van der Waals surface area contributed by atoms with Crippen molar-refractivity contribution in [2.24, 2.45) is 0 Å². The largest absolute Gasteiger partial charge is 0.416 e. The Morgan fingerprint density at radius 1 is 1.10 bits per heavy atom. The summed E-state index contributed by atoms with van der Waals surface area (Å²) in [5.41, 5.74) is 3.59. The molecule has 0 unspecified atom stereocenters. The summed E-state index contributed by atoms with van der Waals surface area (Å²) < 4.78 is 43.3. The first kappa shape index (κ1) is 20.2. The van der Waals surface area contributed by atoms with E-state index in [-0.39, 0.29) is 12.0 Å². The van der Waals surface area contributed by atoms with E-state index in [1.54, 1.807) is 30.3 Å². The third-order valence-electron chi connectivity index (χ3n) is 4.94. The molecule has 0 spiro atoms. The summed E-state index contributed by atoms with van der Waals surface area (Å²) in [6.07, 6.45) is -2.57. The zero-order chi connectivity index (χ0) is 21.5. The van der Waals surface area contributed by atoms with Gasteiger partial charge in [0, 0.05) is 22.7 Å². The number of aryl methyl sites for hydroxylation is 1. The number of nitriles is 1. The fraction of sp³-hybridized carbons (Fsp3) is 0.130. The third-order valence-corrected chi connectivity index (χ3v) is 5.37. The van der Waals surface area contributed by atoms with E-state index in [0.29, 0.717) is 22.6 Å². The van der Waals surface area contributed by atoms with Crippen molar-refractivity contribution in [1.29, 1.82) is 5.26 Å². The minimum atomic E-state index is -4.44. The minimum absolute atomic E-state index is 0.0576. The molecule has 0 amide bonds. The first-order valence-corrected chi connectivity index (χ1v) is 9.90. The Hall–Kier alpha value is -3.11. The number of benzene rings is 2. The molecule has 2 heterocycles. The Kier molecular flexibility index (Phi) is 5.12. The second-order valence-corrected chi connectivity index (χ2v) is 7.88. The molecule has 4 aromatic rings. The topological polar surface area (TPSA) is 41.1 Å². The Balaban J connectivity index is 1.95. The average Bonchev–Trinajstić information content (AvgIpc) is 3.06. The molecular formula is C23H15BrF3N3. The van der Waals surface area contributed by atoms with Gasteiger partial charge in [-0.25, -0.2) is 4.98 Å². The first-order chi connectivity index (χ1) is 14.3. The zero-order valence-electron chi connectivity index (χ0n) is 15.8. The highest BCUT2D eigenvalue weighted by Gasteiger charge is 2.33. The molecule has 0 aliphatic rings. The molecule has 2 aromatic heterocycles. The summed E-state index contributed by atoms with van der Waals surface area (Å²) >= 11 is 3.47. The van der Waals surface area contributed by atoms with Gasteiger partial charge < -0.3 is 4.40 Å².